The molecule has 140 valence electrons. The minimum atomic E-state index is -0.406. The largest absolute Gasteiger partial charge is 0.469 e. The molecule has 26 heavy (non-hydrogen) atoms. The number of anilines is 1. The van der Waals surface area contributed by atoms with Crippen LogP contribution in [-0.4, -0.2) is 55.6 Å². The smallest absolute Gasteiger partial charge is 0.317 e. The number of nitrogens with one attached hydrogen (secondary N) is 1. The van der Waals surface area contributed by atoms with Gasteiger partial charge in [0.25, 0.3) is 0 Å². The molecule has 1 aromatic carbocycles. The summed E-state index contributed by atoms with van der Waals surface area (Å²) in [4.78, 5) is 39.3. The van der Waals surface area contributed by atoms with E-state index in [9.17, 15) is 18.8 Å². The lowest BCUT2D eigenvalue weighted by molar-refractivity contribution is -0.146. The fourth-order valence-electron chi connectivity index (χ4n) is 3.45. The van der Waals surface area contributed by atoms with Gasteiger partial charge in [-0.15, -0.1) is 0 Å². The van der Waals surface area contributed by atoms with Crippen LogP contribution in [0.3, 0.4) is 0 Å². The maximum absolute atomic E-state index is 13.4. The molecule has 1 aromatic rings. The first-order valence-corrected chi connectivity index (χ1v) is 8.67. The van der Waals surface area contributed by atoms with Crippen molar-refractivity contribution in [1.29, 1.82) is 0 Å². The third-order valence-electron chi connectivity index (χ3n) is 4.89. The second kappa shape index (κ2) is 7.72. The van der Waals surface area contributed by atoms with Crippen molar-refractivity contribution in [2.45, 2.75) is 25.3 Å². The third kappa shape index (κ3) is 3.95. The molecular formula is C18H22FN3O4. The van der Waals surface area contributed by atoms with Gasteiger partial charge in [0.05, 0.1) is 19.1 Å². The molecule has 2 saturated heterocycles. The van der Waals surface area contributed by atoms with Crippen LogP contribution in [0.15, 0.2) is 24.3 Å². The summed E-state index contributed by atoms with van der Waals surface area (Å²) in [6.45, 7) is 1.26. The number of nitrogens with zero attached hydrogens (tertiary/aromatic N) is 2. The van der Waals surface area contributed by atoms with Crippen molar-refractivity contribution < 1.29 is 23.5 Å². The highest BCUT2D eigenvalue weighted by Gasteiger charge is 2.34. The summed E-state index contributed by atoms with van der Waals surface area (Å²) in [5.74, 6) is -0.959. The number of benzene rings is 1. The molecule has 8 heteroatoms. The number of ether oxygens (including phenoxy) is 1. The summed E-state index contributed by atoms with van der Waals surface area (Å²) in [5.41, 5.74) is 0.491. The number of likely N-dealkylation sites (tertiary alicyclic amines) is 1. The maximum atomic E-state index is 13.4. The van der Waals surface area contributed by atoms with E-state index in [0.717, 1.165) is 0 Å². The van der Waals surface area contributed by atoms with E-state index in [1.807, 2.05) is 0 Å². The molecule has 0 spiro atoms. The molecule has 0 radical (unpaired) electrons. The molecule has 0 aliphatic carbocycles. The molecule has 2 heterocycles. The predicted octanol–water partition coefficient (Wildman–Crippen LogP) is 1.53. The summed E-state index contributed by atoms with van der Waals surface area (Å²) in [6.07, 6.45) is 1.32. The first-order valence-electron chi connectivity index (χ1n) is 8.67. The van der Waals surface area contributed by atoms with Gasteiger partial charge in [0.1, 0.15) is 5.82 Å². The van der Waals surface area contributed by atoms with Crippen LogP contribution in [-0.2, 0) is 14.3 Å². The summed E-state index contributed by atoms with van der Waals surface area (Å²) in [5, 5.41) is 2.87. The standard InChI is InChI=1S/C18H22FN3O4/c1-26-17(24)12-5-7-21(8-6-12)18(25)20-14-10-16(23)22(11-14)15-4-2-3-13(19)9-15/h2-4,9,12,14H,5-8,10-11H2,1H3,(H,20,25)/t14-/m0/s1. The van der Waals surface area contributed by atoms with E-state index in [1.165, 1.54) is 24.1 Å². The highest BCUT2D eigenvalue weighted by Crippen LogP contribution is 2.23. The average Bonchev–Trinajstić information content (AvgIpc) is 3.01. The Labute approximate surface area is 151 Å². The van der Waals surface area contributed by atoms with Gasteiger partial charge in [0.15, 0.2) is 0 Å². The third-order valence-corrected chi connectivity index (χ3v) is 4.89. The Balaban J connectivity index is 1.53. The zero-order valence-corrected chi connectivity index (χ0v) is 14.6. The van der Waals surface area contributed by atoms with Crippen molar-refractivity contribution in [3.05, 3.63) is 30.1 Å². The van der Waals surface area contributed by atoms with Crippen molar-refractivity contribution in [1.82, 2.24) is 10.2 Å². The van der Waals surface area contributed by atoms with Crippen LogP contribution < -0.4 is 10.2 Å². The highest BCUT2D eigenvalue weighted by molar-refractivity contribution is 5.96. The first kappa shape index (κ1) is 18.2. The summed E-state index contributed by atoms with van der Waals surface area (Å²) in [6, 6.07) is 5.28. The normalized spacial score (nSPS) is 21.0. The van der Waals surface area contributed by atoms with Gasteiger partial charge in [-0.3, -0.25) is 9.59 Å². The van der Waals surface area contributed by atoms with Crippen LogP contribution >= 0.6 is 0 Å². The van der Waals surface area contributed by atoms with Crippen LogP contribution in [0.5, 0.6) is 0 Å². The topological polar surface area (TPSA) is 79.0 Å². The Kier molecular flexibility index (Phi) is 5.39. The molecule has 0 saturated carbocycles. The van der Waals surface area contributed by atoms with Crippen molar-refractivity contribution in [2.75, 3.05) is 31.6 Å². The van der Waals surface area contributed by atoms with Gasteiger partial charge < -0.3 is 19.9 Å². The lowest BCUT2D eigenvalue weighted by Gasteiger charge is -2.31. The lowest BCUT2D eigenvalue weighted by Crippen LogP contribution is -2.49. The van der Waals surface area contributed by atoms with E-state index >= 15 is 0 Å². The predicted molar refractivity (Wildman–Crippen MR) is 92.0 cm³/mol. The summed E-state index contributed by atoms with van der Waals surface area (Å²) < 4.78 is 18.1. The van der Waals surface area contributed by atoms with Crippen LogP contribution in [0.25, 0.3) is 0 Å². The number of methoxy groups -OCH3 is 1. The first-order chi connectivity index (χ1) is 12.5. The molecule has 2 aliphatic heterocycles. The zero-order valence-electron chi connectivity index (χ0n) is 14.6. The molecular weight excluding hydrogens is 341 g/mol. The second-order valence-electron chi connectivity index (χ2n) is 6.62. The van der Waals surface area contributed by atoms with Crippen LogP contribution in [0, 0.1) is 11.7 Å². The molecule has 3 amide bonds. The average molecular weight is 363 g/mol. The van der Waals surface area contributed by atoms with Crippen molar-refractivity contribution in [3.8, 4) is 0 Å². The fraction of sp³-hybridized carbons (Fsp3) is 0.500. The second-order valence-corrected chi connectivity index (χ2v) is 6.62. The van der Waals surface area contributed by atoms with Gasteiger partial charge in [0.2, 0.25) is 5.91 Å². The Bertz CT molecular complexity index is 703. The molecule has 0 aromatic heterocycles. The van der Waals surface area contributed by atoms with Gasteiger partial charge in [-0.2, -0.15) is 0 Å². The van der Waals surface area contributed by atoms with Crippen molar-refractivity contribution in [2.24, 2.45) is 5.92 Å². The lowest BCUT2D eigenvalue weighted by atomic mass is 9.97. The molecule has 1 atom stereocenters. The minimum Gasteiger partial charge on any atom is -0.469 e. The molecule has 7 nitrogen and oxygen atoms in total. The van der Waals surface area contributed by atoms with E-state index in [2.05, 4.69) is 5.32 Å². The number of carbonyl (C=O) groups is 3. The quantitative estimate of drug-likeness (QED) is 0.826. The molecule has 3 rings (SSSR count). The maximum Gasteiger partial charge on any atom is 0.317 e. The van der Waals surface area contributed by atoms with Crippen molar-refractivity contribution in [3.63, 3.8) is 0 Å². The number of hydrogen-bond donors (Lipinski definition) is 1. The van der Waals surface area contributed by atoms with Gasteiger partial charge in [-0.05, 0) is 31.0 Å². The number of urea groups is 1. The zero-order chi connectivity index (χ0) is 18.7. The molecule has 0 unspecified atom stereocenters. The molecule has 0 bridgehead atoms. The Morgan fingerprint density at radius 3 is 2.65 bits per heavy atom. The van der Waals surface area contributed by atoms with E-state index in [0.29, 0.717) is 38.2 Å². The summed E-state index contributed by atoms with van der Waals surface area (Å²) in [7, 11) is 1.36. The highest BCUT2D eigenvalue weighted by atomic mass is 19.1. The number of piperidine rings is 1. The van der Waals surface area contributed by atoms with Crippen LogP contribution in [0.1, 0.15) is 19.3 Å². The Morgan fingerprint density at radius 2 is 2.00 bits per heavy atom. The molecule has 2 fully saturated rings. The number of halogens is 1. The van der Waals surface area contributed by atoms with Crippen molar-refractivity contribution >= 4 is 23.6 Å². The fourth-order valence-corrected chi connectivity index (χ4v) is 3.45. The number of carbonyl (C=O) groups excluding carboxylic acids is 3. The number of rotatable bonds is 3. The van der Waals surface area contributed by atoms with Gasteiger partial charge >= 0.3 is 12.0 Å². The molecule has 1 N–H and O–H groups in total. The van der Waals surface area contributed by atoms with Crippen LogP contribution in [0.4, 0.5) is 14.9 Å². The van der Waals surface area contributed by atoms with Gasteiger partial charge in [0, 0.05) is 31.7 Å². The van der Waals surface area contributed by atoms with Gasteiger partial charge in [-0.1, -0.05) is 6.07 Å². The van der Waals surface area contributed by atoms with E-state index in [1.54, 1.807) is 17.0 Å². The van der Waals surface area contributed by atoms with E-state index < -0.39 is 5.82 Å². The summed E-state index contributed by atoms with van der Waals surface area (Å²) >= 11 is 0. The number of hydrogen-bond acceptors (Lipinski definition) is 4. The number of esters is 1. The Hall–Kier alpha value is -2.64. The molecule has 2 aliphatic rings. The Morgan fingerprint density at radius 1 is 1.27 bits per heavy atom. The van der Waals surface area contributed by atoms with E-state index in [-0.39, 0.29) is 36.3 Å². The van der Waals surface area contributed by atoms with Crippen LogP contribution in [0.2, 0.25) is 0 Å². The number of amides is 3. The SMILES string of the molecule is COC(=O)C1CCN(C(=O)N[C@H]2CC(=O)N(c3cccc(F)c3)C2)CC1. The van der Waals surface area contributed by atoms with E-state index in [4.69, 9.17) is 4.74 Å². The monoisotopic (exact) mass is 363 g/mol. The minimum absolute atomic E-state index is 0.148. The van der Waals surface area contributed by atoms with Gasteiger partial charge in [-0.25, -0.2) is 9.18 Å².